The number of ether oxygens (including phenoxy) is 2. The molecule has 1 fully saturated rings. The minimum Gasteiger partial charge on any atom is -0.382 e. The van der Waals surface area contributed by atoms with Gasteiger partial charge in [0.15, 0.2) is 0 Å². The highest BCUT2D eigenvalue weighted by atomic mass is 16.5. The van der Waals surface area contributed by atoms with E-state index in [1.54, 1.807) is 12.0 Å². The number of carbonyl (C=O) groups is 1. The average molecular weight is 202 g/mol. The van der Waals surface area contributed by atoms with Crippen molar-refractivity contribution in [2.24, 2.45) is 0 Å². The molecule has 14 heavy (non-hydrogen) atoms. The van der Waals surface area contributed by atoms with Crippen LogP contribution in [-0.4, -0.2) is 57.5 Å². The van der Waals surface area contributed by atoms with Crippen molar-refractivity contribution in [3.63, 3.8) is 0 Å². The molecule has 1 N–H and O–H groups in total. The molecule has 1 heterocycles. The summed E-state index contributed by atoms with van der Waals surface area (Å²) < 4.78 is 10.1. The maximum absolute atomic E-state index is 11.2. The number of rotatable bonds is 6. The van der Waals surface area contributed by atoms with Gasteiger partial charge >= 0.3 is 6.03 Å². The Morgan fingerprint density at radius 3 is 3.00 bits per heavy atom. The molecule has 0 radical (unpaired) electrons. The van der Waals surface area contributed by atoms with Crippen molar-refractivity contribution < 1.29 is 14.3 Å². The Hall–Kier alpha value is -0.810. The van der Waals surface area contributed by atoms with E-state index in [9.17, 15) is 4.79 Å². The molecule has 1 aliphatic heterocycles. The van der Waals surface area contributed by atoms with Crippen molar-refractivity contribution >= 4 is 6.03 Å². The summed E-state index contributed by atoms with van der Waals surface area (Å²) in [5.41, 5.74) is 0. The van der Waals surface area contributed by atoms with E-state index < -0.39 is 0 Å². The summed E-state index contributed by atoms with van der Waals surface area (Å²) in [7, 11) is 1.64. The number of methoxy groups -OCH3 is 1. The Morgan fingerprint density at radius 2 is 2.29 bits per heavy atom. The standard InChI is InChI=1S/C9H18N2O3/c1-13-7-8-14-6-5-11-4-2-3-10-9(11)12/h2-8H2,1H3,(H,10,12). The lowest BCUT2D eigenvalue weighted by Gasteiger charge is -2.27. The van der Waals surface area contributed by atoms with Crippen molar-refractivity contribution in [3.05, 3.63) is 0 Å². The fraction of sp³-hybridized carbons (Fsp3) is 0.889. The zero-order chi connectivity index (χ0) is 10.2. The van der Waals surface area contributed by atoms with Gasteiger partial charge in [-0.15, -0.1) is 0 Å². The van der Waals surface area contributed by atoms with Crippen LogP contribution in [-0.2, 0) is 9.47 Å². The third kappa shape index (κ3) is 3.93. The predicted molar refractivity (Wildman–Crippen MR) is 52.3 cm³/mol. The summed E-state index contributed by atoms with van der Waals surface area (Å²) in [5, 5.41) is 2.79. The van der Waals surface area contributed by atoms with Crippen molar-refractivity contribution in [2.75, 3.05) is 46.6 Å². The van der Waals surface area contributed by atoms with Gasteiger partial charge in [0.2, 0.25) is 0 Å². The summed E-state index contributed by atoms with van der Waals surface area (Å²) in [6.07, 6.45) is 1.02. The molecule has 82 valence electrons. The second kappa shape index (κ2) is 6.62. The van der Waals surface area contributed by atoms with Crippen LogP contribution < -0.4 is 5.32 Å². The van der Waals surface area contributed by atoms with Gasteiger partial charge in [0.1, 0.15) is 0 Å². The van der Waals surface area contributed by atoms with Crippen LogP contribution in [0.3, 0.4) is 0 Å². The molecule has 1 saturated heterocycles. The molecule has 0 aliphatic carbocycles. The van der Waals surface area contributed by atoms with Crippen molar-refractivity contribution in [2.45, 2.75) is 6.42 Å². The van der Waals surface area contributed by atoms with Crippen LogP contribution in [0.4, 0.5) is 4.79 Å². The molecule has 2 amide bonds. The monoisotopic (exact) mass is 202 g/mol. The van der Waals surface area contributed by atoms with Crippen LogP contribution in [0, 0.1) is 0 Å². The fourth-order valence-electron chi connectivity index (χ4n) is 1.31. The van der Waals surface area contributed by atoms with E-state index in [0.717, 1.165) is 19.5 Å². The van der Waals surface area contributed by atoms with Gasteiger partial charge in [-0.05, 0) is 6.42 Å². The Bertz CT molecular complexity index is 175. The maximum Gasteiger partial charge on any atom is 0.317 e. The number of urea groups is 1. The van der Waals surface area contributed by atoms with Gasteiger partial charge in [0, 0.05) is 26.7 Å². The first-order valence-corrected chi connectivity index (χ1v) is 4.94. The van der Waals surface area contributed by atoms with Crippen LogP contribution in [0.2, 0.25) is 0 Å². The second-order valence-corrected chi connectivity index (χ2v) is 3.18. The van der Waals surface area contributed by atoms with Crippen LogP contribution in [0.15, 0.2) is 0 Å². The van der Waals surface area contributed by atoms with Crippen molar-refractivity contribution in [3.8, 4) is 0 Å². The third-order valence-electron chi connectivity index (χ3n) is 2.11. The molecule has 0 atom stereocenters. The van der Waals surface area contributed by atoms with Crippen LogP contribution in [0.5, 0.6) is 0 Å². The van der Waals surface area contributed by atoms with E-state index in [1.807, 2.05) is 0 Å². The molecule has 0 saturated carbocycles. The maximum atomic E-state index is 11.2. The molecule has 1 aliphatic rings. The van der Waals surface area contributed by atoms with E-state index in [4.69, 9.17) is 9.47 Å². The molecule has 0 aromatic heterocycles. The fourth-order valence-corrected chi connectivity index (χ4v) is 1.31. The average Bonchev–Trinajstić information content (AvgIpc) is 2.20. The molecular weight excluding hydrogens is 184 g/mol. The van der Waals surface area contributed by atoms with Crippen molar-refractivity contribution in [1.82, 2.24) is 10.2 Å². The van der Waals surface area contributed by atoms with E-state index in [0.29, 0.717) is 26.4 Å². The highest BCUT2D eigenvalue weighted by molar-refractivity contribution is 5.74. The van der Waals surface area contributed by atoms with Gasteiger partial charge in [0.05, 0.1) is 19.8 Å². The molecule has 0 unspecified atom stereocenters. The molecule has 5 nitrogen and oxygen atoms in total. The Morgan fingerprint density at radius 1 is 1.43 bits per heavy atom. The number of hydrogen-bond donors (Lipinski definition) is 1. The van der Waals surface area contributed by atoms with Crippen LogP contribution in [0.1, 0.15) is 6.42 Å². The molecule has 0 aromatic carbocycles. The topological polar surface area (TPSA) is 50.8 Å². The number of nitrogens with zero attached hydrogens (tertiary/aromatic N) is 1. The minimum atomic E-state index is 0.0200. The largest absolute Gasteiger partial charge is 0.382 e. The zero-order valence-electron chi connectivity index (χ0n) is 8.62. The normalized spacial score (nSPS) is 16.9. The first kappa shape index (κ1) is 11.3. The number of nitrogens with one attached hydrogen (secondary N) is 1. The highest BCUT2D eigenvalue weighted by Crippen LogP contribution is 1.98. The van der Waals surface area contributed by atoms with E-state index in [-0.39, 0.29) is 6.03 Å². The van der Waals surface area contributed by atoms with Crippen molar-refractivity contribution in [1.29, 1.82) is 0 Å². The molecule has 5 heteroatoms. The SMILES string of the molecule is COCCOCCN1CCCNC1=O. The summed E-state index contributed by atoms with van der Waals surface area (Å²) in [4.78, 5) is 13.0. The molecule has 0 aromatic rings. The lowest BCUT2D eigenvalue weighted by atomic mass is 10.3. The van der Waals surface area contributed by atoms with Crippen LogP contribution in [0.25, 0.3) is 0 Å². The van der Waals surface area contributed by atoms with Gasteiger partial charge in [-0.25, -0.2) is 4.79 Å². The minimum absolute atomic E-state index is 0.0200. The lowest BCUT2D eigenvalue weighted by Crippen LogP contribution is -2.47. The smallest absolute Gasteiger partial charge is 0.317 e. The van der Waals surface area contributed by atoms with Gasteiger partial charge < -0.3 is 19.7 Å². The van der Waals surface area contributed by atoms with E-state index in [2.05, 4.69) is 5.32 Å². The Balaban J connectivity index is 2.02. The van der Waals surface area contributed by atoms with Gasteiger partial charge in [-0.2, -0.15) is 0 Å². The summed E-state index contributed by atoms with van der Waals surface area (Å²) >= 11 is 0. The Labute approximate surface area is 84.4 Å². The first-order valence-electron chi connectivity index (χ1n) is 4.94. The quantitative estimate of drug-likeness (QED) is 0.620. The molecule has 0 spiro atoms. The molecule has 1 rings (SSSR count). The summed E-state index contributed by atoms with van der Waals surface area (Å²) in [6.45, 7) is 4.06. The number of hydrogen-bond acceptors (Lipinski definition) is 3. The van der Waals surface area contributed by atoms with Gasteiger partial charge in [-0.1, -0.05) is 0 Å². The lowest BCUT2D eigenvalue weighted by molar-refractivity contribution is 0.0599. The molecule has 0 bridgehead atoms. The summed E-state index contributed by atoms with van der Waals surface area (Å²) in [6, 6.07) is 0.0200. The number of amides is 2. The first-order chi connectivity index (χ1) is 6.84. The predicted octanol–water partition coefficient (Wildman–Crippen LogP) is 0.0647. The molecular formula is C9H18N2O3. The van der Waals surface area contributed by atoms with E-state index >= 15 is 0 Å². The summed E-state index contributed by atoms with van der Waals surface area (Å²) in [5.74, 6) is 0. The number of carbonyl (C=O) groups excluding carboxylic acids is 1. The van der Waals surface area contributed by atoms with E-state index in [1.165, 1.54) is 0 Å². The third-order valence-corrected chi connectivity index (χ3v) is 2.11. The van der Waals surface area contributed by atoms with Crippen LogP contribution >= 0.6 is 0 Å². The van der Waals surface area contributed by atoms with Gasteiger partial charge in [-0.3, -0.25) is 0 Å². The Kier molecular flexibility index (Phi) is 5.32. The second-order valence-electron chi connectivity index (χ2n) is 3.18. The van der Waals surface area contributed by atoms with Gasteiger partial charge in [0.25, 0.3) is 0 Å². The highest BCUT2D eigenvalue weighted by Gasteiger charge is 2.16. The zero-order valence-corrected chi connectivity index (χ0v) is 8.62.